The van der Waals surface area contributed by atoms with Gasteiger partial charge in [-0.1, -0.05) is 24.8 Å². The molecule has 6 heteroatoms. The highest BCUT2D eigenvalue weighted by atomic mass is 19.3. The number of amides is 1. The first-order valence-electron chi connectivity index (χ1n) is 10.5. The summed E-state index contributed by atoms with van der Waals surface area (Å²) in [4.78, 5) is 15.0. The van der Waals surface area contributed by atoms with Crippen LogP contribution in [0.3, 0.4) is 0 Å². The van der Waals surface area contributed by atoms with Gasteiger partial charge in [0.1, 0.15) is 5.75 Å². The molecule has 1 saturated heterocycles. The third kappa shape index (κ3) is 4.75. The maximum absolute atomic E-state index is 13.6. The third-order valence-corrected chi connectivity index (χ3v) is 6.59. The van der Waals surface area contributed by atoms with Crippen LogP contribution in [0.4, 0.5) is 8.78 Å². The van der Waals surface area contributed by atoms with Crippen molar-refractivity contribution >= 4 is 5.91 Å². The first-order valence-corrected chi connectivity index (χ1v) is 10.5. The summed E-state index contributed by atoms with van der Waals surface area (Å²) in [6.45, 7) is 9.30. The molecular formula is C24H31F2NO3. The quantitative estimate of drug-likeness (QED) is 0.588. The number of hydrogen-bond donors (Lipinski definition) is 1. The first kappa shape index (κ1) is 22.5. The van der Waals surface area contributed by atoms with Crippen LogP contribution in [0, 0.1) is 5.41 Å². The second kappa shape index (κ2) is 8.50. The predicted molar refractivity (Wildman–Crippen MR) is 112 cm³/mol. The largest absolute Gasteiger partial charge is 0.429 e. The van der Waals surface area contributed by atoms with E-state index in [-0.39, 0.29) is 22.6 Å². The van der Waals surface area contributed by atoms with E-state index in [1.807, 2.05) is 11.0 Å². The van der Waals surface area contributed by atoms with E-state index in [0.29, 0.717) is 45.2 Å². The smallest absolute Gasteiger partial charge is 0.422 e. The van der Waals surface area contributed by atoms with E-state index in [2.05, 4.69) is 13.2 Å². The minimum atomic E-state index is -3.41. The lowest BCUT2D eigenvalue weighted by molar-refractivity contribution is -0.141. The Kier molecular flexibility index (Phi) is 6.37. The number of carbonyl (C=O) groups is 1. The number of halogens is 2. The summed E-state index contributed by atoms with van der Waals surface area (Å²) in [6.07, 6.45) is 3.39. The normalized spacial score (nSPS) is 26.8. The number of allylic oxidation sites excluding steroid dienone is 1. The van der Waals surface area contributed by atoms with E-state index in [9.17, 15) is 18.7 Å². The fourth-order valence-electron chi connectivity index (χ4n) is 4.44. The van der Waals surface area contributed by atoms with Gasteiger partial charge >= 0.3 is 6.11 Å². The maximum atomic E-state index is 13.6. The van der Waals surface area contributed by atoms with Crippen molar-refractivity contribution in [3.05, 3.63) is 54.6 Å². The molecule has 2 fully saturated rings. The van der Waals surface area contributed by atoms with E-state index in [1.54, 1.807) is 12.1 Å². The zero-order chi connectivity index (χ0) is 22.0. The predicted octanol–water partition coefficient (Wildman–Crippen LogP) is 5.22. The van der Waals surface area contributed by atoms with Crippen molar-refractivity contribution in [3.8, 4) is 5.75 Å². The minimum absolute atomic E-state index is 0.0575. The monoisotopic (exact) mass is 419 g/mol. The molecule has 1 aliphatic carbocycles. The van der Waals surface area contributed by atoms with Gasteiger partial charge in [-0.3, -0.25) is 4.79 Å². The molecule has 3 rings (SSSR count). The Hall–Kier alpha value is -2.21. The number of benzene rings is 1. The number of ether oxygens (including phenoxy) is 1. The molecule has 1 N–H and O–H groups in total. The molecule has 1 heterocycles. The van der Waals surface area contributed by atoms with Crippen molar-refractivity contribution in [2.24, 2.45) is 5.41 Å². The van der Waals surface area contributed by atoms with Gasteiger partial charge in [-0.2, -0.15) is 8.78 Å². The Bertz CT molecular complexity index is 795. The van der Waals surface area contributed by atoms with E-state index in [4.69, 9.17) is 4.74 Å². The third-order valence-electron chi connectivity index (χ3n) is 6.59. The fourth-order valence-corrected chi connectivity index (χ4v) is 4.44. The first-order chi connectivity index (χ1) is 14.1. The summed E-state index contributed by atoms with van der Waals surface area (Å²) in [5, 5.41) is 10.7. The number of likely N-dealkylation sites (tertiary alicyclic amines) is 1. The van der Waals surface area contributed by atoms with E-state index >= 15 is 0 Å². The Balaban J connectivity index is 1.58. The minimum Gasteiger partial charge on any atom is -0.429 e. The molecule has 0 aromatic heterocycles. The molecule has 2 aliphatic rings. The fraction of sp³-hybridized carbons (Fsp3) is 0.542. The molecule has 4 nitrogen and oxygen atoms in total. The van der Waals surface area contributed by atoms with Gasteiger partial charge < -0.3 is 14.7 Å². The van der Waals surface area contributed by atoms with Crippen LogP contribution in [0.5, 0.6) is 5.75 Å². The molecule has 1 aromatic rings. The molecular weight excluding hydrogens is 388 g/mol. The Morgan fingerprint density at radius 3 is 2.43 bits per heavy atom. The van der Waals surface area contributed by atoms with Crippen LogP contribution in [0.1, 0.15) is 57.4 Å². The van der Waals surface area contributed by atoms with Gasteiger partial charge in [0.25, 0.3) is 0 Å². The van der Waals surface area contributed by atoms with Crippen LogP contribution in [0.25, 0.3) is 0 Å². The van der Waals surface area contributed by atoms with Crippen LogP contribution < -0.4 is 4.74 Å². The van der Waals surface area contributed by atoms with Crippen LogP contribution in [-0.4, -0.2) is 34.2 Å². The Morgan fingerprint density at radius 2 is 1.87 bits per heavy atom. The molecule has 30 heavy (non-hydrogen) atoms. The molecule has 0 atom stereocenters. The molecule has 1 amide bonds. The summed E-state index contributed by atoms with van der Waals surface area (Å²) in [7, 11) is 0. The van der Waals surface area contributed by atoms with E-state index < -0.39 is 11.7 Å². The summed E-state index contributed by atoms with van der Waals surface area (Å²) in [5.74, 6) is 0.199. The Labute approximate surface area is 177 Å². The number of aliphatic hydroxyl groups is 1. The summed E-state index contributed by atoms with van der Waals surface area (Å²) < 4.78 is 32.0. The molecule has 1 aliphatic heterocycles. The van der Waals surface area contributed by atoms with Gasteiger partial charge in [0.2, 0.25) is 5.91 Å². The number of rotatable bonds is 8. The molecule has 0 radical (unpaired) electrons. The molecule has 164 valence electrons. The van der Waals surface area contributed by atoms with Crippen molar-refractivity contribution in [1.82, 2.24) is 4.90 Å². The molecule has 0 unspecified atom stereocenters. The number of hydrogen-bond acceptors (Lipinski definition) is 3. The van der Waals surface area contributed by atoms with Gasteiger partial charge in [-0.15, -0.1) is 6.58 Å². The lowest BCUT2D eigenvalue weighted by Gasteiger charge is -2.41. The lowest BCUT2D eigenvalue weighted by atomic mass is 9.66. The highest BCUT2D eigenvalue weighted by Crippen LogP contribution is 2.49. The average Bonchev–Trinajstić information content (AvgIpc) is 3.00. The van der Waals surface area contributed by atoms with Gasteiger partial charge in [-0.05, 0) is 69.6 Å². The highest BCUT2D eigenvalue weighted by Gasteiger charge is 2.50. The van der Waals surface area contributed by atoms with Gasteiger partial charge in [0.15, 0.2) is 0 Å². The van der Waals surface area contributed by atoms with Gasteiger partial charge in [0, 0.05) is 18.7 Å². The van der Waals surface area contributed by atoms with Gasteiger partial charge in [-0.25, -0.2) is 0 Å². The number of nitrogens with zero attached hydrogens (tertiary/aromatic N) is 1. The number of carbonyl (C=O) groups excluding carboxylic acids is 1. The van der Waals surface area contributed by atoms with Crippen molar-refractivity contribution in [2.75, 3.05) is 6.54 Å². The summed E-state index contributed by atoms with van der Waals surface area (Å²) in [5.41, 5.74) is -0.546. The van der Waals surface area contributed by atoms with E-state index in [0.717, 1.165) is 18.4 Å². The van der Waals surface area contributed by atoms with Crippen molar-refractivity contribution in [1.29, 1.82) is 0 Å². The molecule has 1 aromatic carbocycles. The SMILES string of the molecule is C=CCCC1(O)CCC2(CCN(Cc3ccc(OC(F)(F)C(=C)C)cc3)C2=O)CC1. The van der Waals surface area contributed by atoms with Crippen LogP contribution in [-0.2, 0) is 11.3 Å². The van der Waals surface area contributed by atoms with Gasteiger partial charge in [0.05, 0.1) is 11.0 Å². The van der Waals surface area contributed by atoms with Crippen molar-refractivity contribution in [2.45, 2.75) is 70.1 Å². The van der Waals surface area contributed by atoms with Crippen LogP contribution in [0.2, 0.25) is 0 Å². The van der Waals surface area contributed by atoms with Crippen molar-refractivity contribution in [3.63, 3.8) is 0 Å². The summed E-state index contributed by atoms with van der Waals surface area (Å²) in [6, 6.07) is 6.39. The second-order valence-electron chi connectivity index (χ2n) is 8.85. The number of alkyl halides is 2. The summed E-state index contributed by atoms with van der Waals surface area (Å²) >= 11 is 0. The zero-order valence-corrected chi connectivity index (χ0v) is 17.6. The van der Waals surface area contributed by atoms with Crippen molar-refractivity contribution < 1.29 is 23.4 Å². The highest BCUT2D eigenvalue weighted by molar-refractivity contribution is 5.85. The average molecular weight is 420 g/mol. The van der Waals surface area contributed by atoms with E-state index in [1.165, 1.54) is 19.1 Å². The molecule has 1 saturated carbocycles. The second-order valence-corrected chi connectivity index (χ2v) is 8.85. The topological polar surface area (TPSA) is 49.8 Å². The zero-order valence-electron chi connectivity index (χ0n) is 17.6. The lowest BCUT2D eigenvalue weighted by Crippen LogP contribution is -2.43. The molecule has 1 spiro atoms. The molecule has 0 bridgehead atoms. The standard InChI is InChI=1S/C24H31F2NO3/c1-4-5-10-23(29)13-11-22(12-14-23)15-16-27(21(22)28)17-19-6-8-20(9-7-19)30-24(25,26)18(2)3/h4,6-9,29H,1-2,5,10-17H2,3H3. The Morgan fingerprint density at radius 1 is 1.23 bits per heavy atom. The maximum Gasteiger partial charge on any atom is 0.422 e. The van der Waals surface area contributed by atoms with Crippen LogP contribution >= 0.6 is 0 Å². The van der Waals surface area contributed by atoms with Crippen LogP contribution in [0.15, 0.2) is 49.1 Å².